The third-order valence-electron chi connectivity index (χ3n) is 3.65. The van der Waals surface area contributed by atoms with Gasteiger partial charge in [-0.3, -0.25) is 0 Å². The average Bonchev–Trinajstić information content (AvgIpc) is 2.48. The average molecular weight is 307 g/mol. The van der Waals surface area contributed by atoms with Gasteiger partial charge in [0.1, 0.15) is 0 Å². The van der Waals surface area contributed by atoms with Crippen LogP contribution in [0, 0.1) is 6.92 Å². The first-order valence-electron chi connectivity index (χ1n) is 8.30. The number of benzene rings is 1. The molecule has 0 aliphatic carbocycles. The van der Waals surface area contributed by atoms with Gasteiger partial charge in [-0.2, -0.15) is 0 Å². The van der Waals surface area contributed by atoms with Crippen molar-refractivity contribution in [3.05, 3.63) is 29.8 Å². The summed E-state index contributed by atoms with van der Waals surface area (Å²) in [7, 11) is 0. The first-order chi connectivity index (χ1) is 10.2. The molecule has 0 heterocycles. The van der Waals surface area contributed by atoms with Crippen LogP contribution in [0.5, 0.6) is 0 Å². The summed E-state index contributed by atoms with van der Waals surface area (Å²) in [5.74, 6) is 0. The second-order valence-corrected chi connectivity index (χ2v) is 6.08. The third kappa shape index (κ3) is 7.47. The van der Waals surface area contributed by atoms with Gasteiger partial charge >= 0.3 is 0 Å². The lowest BCUT2D eigenvalue weighted by Gasteiger charge is -2.26. The Morgan fingerprint density at radius 2 is 1.48 bits per heavy atom. The lowest BCUT2D eigenvalue weighted by Crippen LogP contribution is -2.36. The van der Waals surface area contributed by atoms with Crippen molar-refractivity contribution < 1.29 is 0 Å². The van der Waals surface area contributed by atoms with Gasteiger partial charge in [0.05, 0.1) is 0 Å². The molecule has 0 aliphatic rings. The van der Waals surface area contributed by atoms with E-state index < -0.39 is 0 Å². The molecule has 0 saturated heterocycles. The topological polar surface area (TPSA) is 15.3 Å². The minimum Gasteiger partial charge on any atom is -0.349 e. The molecule has 118 valence electrons. The van der Waals surface area contributed by atoms with E-state index in [-0.39, 0.29) is 0 Å². The van der Waals surface area contributed by atoms with Crippen LogP contribution in [0.4, 0.5) is 5.69 Å². The van der Waals surface area contributed by atoms with Crippen LogP contribution in [0.3, 0.4) is 0 Å². The molecule has 0 spiro atoms. The fourth-order valence-corrected chi connectivity index (χ4v) is 2.56. The maximum atomic E-state index is 5.60. The number of hydrogen-bond donors (Lipinski definition) is 1. The van der Waals surface area contributed by atoms with Gasteiger partial charge in [-0.1, -0.05) is 57.2 Å². The summed E-state index contributed by atoms with van der Waals surface area (Å²) in [6, 6.07) is 8.42. The van der Waals surface area contributed by atoms with Gasteiger partial charge in [-0.15, -0.1) is 0 Å². The molecule has 0 radical (unpaired) electrons. The van der Waals surface area contributed by atoms with Crippen molar-refractivity contribution in [2.75, 3.05) is 18.4 Å². The van der Waals surface area contributed by atoms with E-state index in [9.17, 15) is 0 Å². The molecule has 0 bridgehead atoms. The Kier molecular flexibility index (Phi) is 9.07. The lowest BCUT2D eigenvalue weighted by molar-refractivity contribution is 0.395. The molecule has 1 N–H and O–H groups in total. The molecule has 0 unspecified atom stereocenters. The van der Waals surface area contributed by atoms with Crippen molar-refractivity contribution in [1.82, 2.24) is 4.90 Å². The van der Waals surface area contributed by atoms with E-state index in [4.69, 9.17) is 12.2 Å². The Labute approximate surface area is 135 Å². The molecular formula is C18H30N2S. The second-order valence-electron chi connectivity index (χ2n) is 5.70. The zero-order chi connectivity index (χ0) is 15.5. The fourth-order valence-electron chi connectivity index (χ4n) is 2.26. The third-order valence-corrected chi connectivity index (χ3v) is 4.01. The number of thiocarbonyl (C=S) groups is 1. The van der Waals surface area contributed by atoms with E-state index in [2.05, 4.69) is 55.3 Å². The van der Waals surface area contributed by atoms with Gasteiger partial charge in [0.25, 0.3) is 0 Å². The molecule has 1 rings (SSSR count). The van der Waals surface area contributed by atoms with Gasteiger partial charge in [-0.05, 0) is 44.1 Å². The molecule has 0 atom stereocenters. The highest BCUT2D eigenvalue weighted by Gasteiger charge is 2.09. The van der Waals surface area contributed by atoms with Crippen LogP contribution in [-0.2, 0) is 0 Å². The van der Waals surface area contributed by atoms with Crippen LogP contribution in [-0.4, -0.2) is 23.1 Å². The van der Waals surface area contributed by atoms with Crippen molar-refractivity contribution in [3.63, 3.8) is 0 Å². The lowest BCUT2D eigenvalue weighted by atomic mass is 10.2. The van der Waals surface area contributed by atoms with E-state index in [0.717, 1.165) is 23.9 Å². The van der Waals surface area contributed by atoms with Crippen LogP contribution >= 0.6 is 12.2 Å². The van der Waals surface area contributed by atoms with Crippen LogP contribution in [0.1, 0.15) is 57.9 Å². The first-order valence-corrected chi connectivity index (χ1v) is 8.70. The number of hydrogen-bond acceptors (Lipinski definition) is 1. The Hall–Kier alpha value is -1.09. The minimum atomic E-state index is 0.867. The SMILES string of the molecule is CCCCCN(CCCCC)C(=S)Nc1ccc(C)cc1. The highest BCUT2D eigenvalue weighted by Crippen LogP contribution is 2.11. The molecule has 1 aromatic rings. The molecule has 1 aromatic carbocycles. The second kappa shape index (κ2) is 10.6. The Balaban J connectivity index is 2.53. The summed E-state index contributed by atoms with van der Waals surface area (Å²) in [5, 5.41) is 4.25. The Morgan fingerprint density at radius 3 is 1.95 bits per heavy atom. The molecule has 21 heavy (non-hydrogen) atoms. The molecule has 0 fully saturated rings. The van der Waals surface area contributed by atoms with Crippen LogP contribution in [0.25, 0.3) is 0 Å². The van der Waals surface area contributed by atoms with Crippen molar-refractivity contribution in [3.8, 4) is 0 Å². The number of nitrogens with zero attached hydrogens (tertiary/aromatic N) is 1. The largest absolute Gasteiger partial charge is 0.349 e. The van der Waals surface area contributed by atoms with Crippen LogP contribution < -0.4 is 5.32 Å². The zero-order valence-electron chi connectivity index (χ0n) is 13.8. The molecule has 0 saturated carbocycles. The van der Waals surface area contributed by atoms with Crippen molar-refractivity contribution in [2.24, 2.45) is 0 Å². The van der Waals surface area contributed by atoms with E-state index in [1.807, 2.05) is 0 Å². The predicted octanol–water partition coefficient (Wildman–Crippen LogP) is 5.37. The first kappa shape index (κ1) is 18.0. The Bertz CT molecular complexity index is 390. The highest BCUT2D eigenvalue weighted by atomic mass is 32.1. The molecule has 3 heteroatoms. The molecule has 0 aliphatic heterocycles. The molecule has 0 aromatic heterocycles. The number of rotatable bonds is 9. The maximum absolute atomic E-state index is 5.60. The van der Waals surface area contributed by atoms with Gasteiger partial charge in [0.2, 0.25) is 0 Å². The highest BCUT2D eigenvalue weighted by molar-refractivity contribution is 7.80. The number of nitrogens with one attached hydrogen (secondary N) is 1. The standard InChI is InChI=1S/C18H30N2S/c1-4-6-8-14-20(15-9-7-5-2)18(21)19-17-12-10-16(3)11-13-17/h10-13H,4-9,14-15H2,1-3H3,(H,19,21). The van der Waals surface area contributed by atoms with Crippen molar-refractivity contribution in [2.45, 2.75) is 59.3 Å². The number of aryl methyl sites for hydroxylation is 1. The molecule has 2 nitrogen and oxygen atoms in total. The normalized spacial score (nSPS) is 10.4. The summed E-state index contributed by atoms with van der Waals surface area (Å²) < 4.78 is 0. The van der Waals surface area contributed by atoms with E-state index >= 15 is 0 Å². The minimum absolute atomic E-state index is 0.867. The fraction of sp³-hybridized carbons (Fsp3) is 0.611. The monoisotopic (exact) mass is 306 g/mol. The van der Waals surface area contributed by atoms with Crippen molar-refractivity contribution >= 4 is 23.0 Å². The summed E-state index contributed by atoms with van der Waals surface area (Å²) in [4.78, 5) is 2.33. The van der Waals surface area contributed by atoms with E-state index in [0.29, 0.717) is 0 Å². The van der Waals surface area contributed by atoms with Crippen molar-refractivity contribution in [1.29, 1.82) is 0 Å². The zero-order valence-corrected chi connectivity index (χ0v) is 14.6. The molecular weight excluding hydrogens is 276 g/mol. The Morgan fingerprint density at radius 1 is 0.952 bits per heavy atom. The summed E-state index contributed by atoms with van der Waals surface area (Å²) >= 11 is 5.60. The summed E-state index contributed by atoms with van der Waals surface area (Å²) in [5.41, 5.74) is 2.36. The predicted molar refractivity (Wildman–Crippen MR) is 98.0 cm³/mol. The summed E-state index contributed by atoms with van der Waals surface area (Å²) in [6.07, 6.45) is 7.49. The quantitative estimate of drug-likeness (QED) is 0.487. The van der Waals surface area contributed by atoms with E-state index in [1.165, 1.54) is 44.1 Å². The maximum Gasteiger partial charge on any atom is 0.173 e. The van der Waals surface area contributed by atoms with Gasteiger partial charge in [0, 0.05) is 18.8 Å². The van der Waals surface area contributed by atoms with Gasteiger partial charge in [0.15, 0.2) is 5.11 Å². The summed E-state index contributed by atoms with van der Waals surface area (Å²) in [6.45, 7) is 8.71. The number of anilines is 1. The van der Waals surface area contributed by atoms with E-state index in [1.54, 1.807) is 0 Å². The van der Waals surface area contributed by atoms with Crippen LogP contribution in [0.2, 0.25) is 0 Å². The van der Waals surface area contributed by atoms with Crippen LogP contribution in [0.15, 0.2) is 24.3 Å². The van der Waals surface area contributed by atoms with Gasteiger partial charge < -0.3 is 10.2 Å². The smallest absolute Gasteiger partial charge is 0.173 e. The van der Waals surface area contributed by atoms with Gasteiger partial charge in [-0.25, -0.2) is 0 Å². The number of unbranched alkanes of at least 4 members (excludes halogenated alkanes) is 4. The molecule has 0 amide bonds.